The summed E-state index contributed by atoms with van der Waals surface area (Å²) in [5.41, 5.74) is 6.11. The highest BCUT2D eigenvalue weighted by Crippen LogP contribution is 2.29. The first kappa shape index (κ1) is 12.3. The molecule has 0 radical (unpaired) electrons. The number of hydrogen-bond acceptors (Lipinski definition) is 4. The third kappa shape index (κ3) is 2.74. The molecule has 2 fully saturated rings. The second-order valence-electron chi connectivity index (χ2n) is 5.46. The molecule has 2 heterocycles. The average Bonchev–Trinajstić information content (AvgIpc) is 2.65. The molecular formula is C12H24N2O2. The van der Waals surface area contributed by atoms with Crippen LogP contribution in [0.25, 0.3) is 0 Å². The molecule has 4 nitrogen and oxygen atoms in total. The maximum absolute atomic E-state index is 5.92. The minimum atomic E-state index is 0.191. The summed E-state index contributed by atoms with van der Waals surface area (Å²) in [6.07, 6.45) is 1.77. The molecule has 0 aromatic rings. The van der Waals surface area contributed by atoms with Gasteiger partial charge in [-0.25, -0.2) is 0 Å². The van der Waals surface area contributed by atoms with Gasteiger partial charge in [-0.3, -0.25) is 4.90 Å². The van der Waals surface area contributed by atoms with E-state index < -0.39 is 0 Å². The molecule has 0 amide bonds. The normalized spacial score (nSPS) is 41.4. The molecular weight excluding hydrogens is 204 g/mol. The zero-order valence-electron chi connectivity index (χ0n) is 10.4. The fraction of sp³-hybridized carbons (Fsp3) is 1.00. The van der Waals surface area contributed by atoms with Crippen molar-refractivity contribution in [2.75, 3.05) is 39.4 Å². The highest BCUT2D eigenvalue weighted by Gasteiger charge is 2.37. The lowest BCUT2D eigenvalue weighted by molar-refractivity contribution is -0.0775. The quantitative estimate of drug-likeness (QED) is 0.762. The van der Waals surface area contributed by atoms with Gasteiger partial charge in [0.1, 0.15) is 0 Å². The number of rotatable bonds is 3. The Hall–Kier alpha value is -0.160. The molecule has 4 heteroatoms. The van der Waals surface area contributed by atoms with Crippen molar-refractivity contribution in [2.24, 2.45) is 11.1 Å². The molecule has 94 valence electrons. The largest absolute Gasteiger partial charge is 0.381 e. The Morgan fingerprint density at radius 3 is 2.50 bits per heavy atom. The first-order valence-electron chi connectivity index (χ1n) is 6.29. The predicted octanol–water partition coefficient (Wildman–Crippen LogP) is 0.461. The van der Waals surface area contributed by atoms with Crippen molar-refractivity contribution in [3.8, 4) is 0 Å². The van der Waals surface area contributed by atoms with Crippen molar-refractivity contribution in [2.45, 2.75) is 32.5 Å². The van der Waals surface area contributed by atoms with Crippen molar-refractivity contribution in [1.82, 2.24) is 4.90 Å². The molecule has 3 atom stereocenters. The summed E-state index contributed by atoms with van der Waals surface area (Å²) in [5, 5.41) is 0. The molecule has 2 saturated heterocycles. The molecule has 2 rings (SSSR count). The fourth-order valence-electron chi connectivity index (χ4n) is 2.89. The topological polar surface area (TPSA) is 47.7 Å². The van der Waals surface area contributed by atoms with Gasteiger partial charge in [0.25, 0.3) is 0 Å². The van der Waals surface area contributed by atoms with E-state index in [0.717, 1.165) is 45.8 Å². The lowest BCUT2D eigenvalue weighted by Crippen LogP contribution is -2.51. The van der Waals surface area contributed by atoms with Gasteiger partial charge in [-0.2, -0.15) is 0 Å². The fourth-order valence-corrected chi connectivity index (χ4v) is 2.89. The maximum Gasteiger partial charge on any atom is 0.0678 e. The maximum atomic E-state index is 5.92. The van der Waals surface area contributed by atoms with Crippen molar-refractivity contribution in [1.29, 1.82) is 0 Å². The van der Waals surface area contributed by atoms with E-state index >= 15 is 0 Å². The molecule has 0 bridgehead atoms. The SMILES string of the molecule is CC1CN(CC2(CN)CCOC2)CC(C)O1. The van der Waals surface area contributed by atoms with Crippen LogP contribution in [0.5, 0.6) is 0 Å². The molecule has 16 heavy (non-hydrogen) atoms. The lowest BCUT2D eigenvalue weighted by Gasteiger charge is -2.40. The van der Waals surface area contributed by atoms with Gasteiger partial charge in [-0.05, 0) is 20.3 Å². The lowest BCUT2D eigenvalue weighted by atomic mass is 9.86. The van der Waals surface area contributed by atoms with Gasteiger partial charge < -0.3 is 15.2 Å². The van der Waals surface area contributed by atoms with E-state index in [-0.39, 0.29) is 5.41 Å². The van der Waals surface area contributed by atoms with E-state index in [2.05, 4.69) is 18.7 Å². The summed E-state index contributed by atoms with van der Waals surface area (Å²) < 4.78 is 11.3. The highest BCUT2D eigenvalue weighted by atomic mass is 16.5. The summed E-state index contributed by atoms with van der Waals surface area (Å²) in [6.45, 7) is 9.80. The number of hydrogen-bond donors (Lipinski definition) is 1. The average molecular weight is 228 g/mol. The second kappa shape index (κ2) is 5.00. The van der Waals surface area contributed by atoms with Crippen LogP contribution in [0, 0.1) is 5.41 Å². The number of nitrogens with zero attached hydrogens (tertiary/aromatic N) is 1. The van der Waals surface area contributed by atoms with Crippen LogP contribution in [0.15, 0.2) is 0 Å². The Kier molecular flexibility index (Phi) is 3.85. The Balaban J connectivity index is 1.92. The summed E-state index contributed by atoms with van der Waals surface area (Å²) in [6, 6.07) is 0. The molecule has 0 saturated carbocycles. The van der Waals surface area contributed by atoms with Crippen LogP contribution in [-0.2, 0) is 9.47 Å². The highest BCUT2D eigenvalue weighted by molar-refractivity contribution is 4.89. The minimum Gasteiger partial charge on any atom is -0.381 e. The van der Waals surface area contributed by atoms with Crippen LogP contribution < -0.4 is 5.73 Å². The number of morpholine rings is 1. The zero-order chi connectivity index (χ0) is 11.6. The van der Waals surface area contributed by atoms with Gasteiger partial charge in [0, 0.05) is 38.2 Å². The summed E-state index contributed by atoms with van der Waals surface area (Å²) in [5.74, 6) is 0. The van der Waals surface area contributed by atoms with Crippen LogP contribution in [0.3, 0.4) is 0 Å². The second-order valence-corrected chi connectivity index (χ2v) is 5.46. The van der Waals surface area contributed by atoms with Crippen molar-refractivity contribution in [3.05, 3.63) is 0 Å². The zero-order valence-corrected chi connectivity index (χ0v) is 10.4. The van der Waals surface area contributed by atoms with E-state index in [4.69, 9.17) is 15.2 Å². The van der Waals surface area contributed by atoms with Crippen LogP contribution in [0.4, 0.5) is 0 Å². The van der Waals surface area contributed by atoms with Crippen LogP contribution in [0.1, 0.15) is 20.3 Å². The Labute approximate surface area is 98.1 Å². The van der Waals surface area contributed by atoms with E-state index in [1.54, 1.807) is 0 Å². The van der Waals surface area contributed by atoms with Crippen molar-refractivity contribution in [3.63, 3.8) is 0 Å². The van der Waals surface area contributed by atoms with E-state index in [1.165, 1.54) is 0 Å². The monoisotopic (exact) mass is 228 g/mol. The summed E-state index contributed by atoms with van der Waals surface area (Å²) >= 11 is 0. The Morgan fingerprint density at radius 1 is 1.31 bits per heavy atom. The van der Waals surface area contributed by atoms with Crippen LogP contribution in [0.2, 0.25) is 0 Å². The molecule has 2 aliphatic rings. The number of nitrogens with two attached hydrogens (primary N) is 1. The summed E-state index contributed by atoms with van der Waals surface area (Å²) in [4.78, 5) is 2.49. The minimum absolute atomic E-state index is 0.191. The van der Waals surface area contributed by atoms with E-state index in [1.807, 2.05) is 0 Å². The van der Waals surface area contributed by atoms with E-state index in [0.29, 0.717) is 12.2 Å². The third-order valence-corrected chi connectivity index (χ3v) is 3.67. The van der Waals surface area contributed by atoms with Gasteiger partial charge in [0.05, 0.1) is 18.8 Å². The van der Waals surface area contributed by atoms with Gasteiger partial charge >= 0.3 is 0 Å². The summed E-state index contributed by atoms with van der Waals surface area (Å²) in [7, 11) is 0. The molecule has 0 spiro atoms. The first-order valence-corrected chi connectivity index (χ1v) is 6.29. The van der Waals surface area contributed by atoms with Crippen molar-refractivity contribution < 1.29 is 9.47 Å². The van der Waals surface area contributed by atoms with Crippen LogP contribution >= 0.6 is 0 Å². The molecule has 0 aromatic carbocycles. The Morgan fingerprint density at radius 2 is 2.00 bits per heavy atom. The predicted molar refractivity (Wildman–Crippen MR) is 63.4 cm³/mol. The molecule has 2 aliphatic heterocycles. The first-order chi connectivity index (χ1) is 7.63. The Bertz CT molecular complexity index is 219. The van der Waals surface area contributed by atoms with E-state index in [9.17, 15) is 0 Å². The van der Waals surface area contributed by atoms with Crippen LogP contribution in [-0.4, -0.2) is 56.5 Å². The molecule has 0 aliphatic carbocycles. The third-order valence-electron chi connectivity index (χ3n) is 3.67. The molecule has 2 N–H and O–H groups in total. The molecule has 0 aromatic heterocycles. The van der Waals surface area contributed by atoms with Gasteiger partial charge in [-0.1, -0.05) is 0 Å². The van der Waals surface area contributed by atoms with Gasteiger partial charge in [0.2, 0.25) is 0 Å². The van der Waals surface area contributed by atoms with Crippen molar-refractivity contribution >= 4 is 0 Å². The standard InChI is InChI=1S/C12H24N2O2/c1-10-5-14(6-11(2)16-10)8-12(7-13)3-4-15-9-12/h10-11H,3-9,13H2,1-2H3. The molecule has 3 unspecified atom stereocenters. The smallest absolute Gasteiger partial charge is 0.0678 e. The van der Waals surface area contributed by atoms with Gasteiger partial charge in [-0.15, -0.1) is 0 Å². The van der Waals surface area contributed by atoms with Gasteiger partial charge in [0.15, 0.2) is 0 Å². The number of ether oxygens (including phenoxy) is 2.